The molecular formula is C13H21ClN2O. The number of aryl methyl sites for hydroxylation is 1. The third-order valence-corrected chi connectivity index (χ3v) is 3.49. The van der Waals surface area contributed by atoms with Crippen LogP contribution in [-0.2, 0) is 0 Å². The van der Waals surface area contributed by atoms with Gasteiger partial charge in [-0.1, -0.05) is 11.6 Å². The first-order valence-corrected chi connectivity index (χ1v) is 6.15. The second-order valence-corrected chi connectivity index (χ2v) is 4.63. The van der Waals surface area contributed by atoms with Crippen LogP contribution in [0.5, 0.6) is 5.75 Å². The van der Waals surface area contributed by atoms with Crippen molar-refractivity contribution in [1.29, 1.82) is 0 Å². The monoisotopic (exact) mass is 256 g/mol. The summed E-state index contributed by atoms with van der Waals surface area (Å²) in [7, 11) is 3.72. The third kappa shape index (κ3) is 3.05. The Bertz CT molecular complexity index is 393. The van der Waals surface area contributed by atoms with Gasteiger partial charge in [0, 0.05) is 18.6 Å². The Morgan fingerprint density at radius 2 is 2.06 bits per heavy atom. The van der Waals surface area contributed by atoms with E-state index in [9.17, 15) is 0 Å². The predicted molar refractivity (Wildman–Crippen MR) is 74.4 cm³/mol. The highest BCUT2D eigenvalue weighted by Gasteiger charge is 2.15. The number of anilines is 1. The van der Waals surface area contributed by atoms with Crippen LogP contribution in [0.1, 0.15) is 17.5 Å². The van der Waals surface area contributed by atoms with E-state index in [0.717, 1.165) is 40.6 Å². The normalized spacial score (nSPS) is 10.5. The van der Waals surface area contributed by atoms with E-state index in [1.54, 1.807) is 7.11 Å². The summed E-state index contributed by atoms with van der Waals surface area (Å²) >= 11 is 6.28. The van der Waals surface area contributed by atoms with Crippen molar-refractivity contribution in [2.24, 2.45) is 5.73 Å². The number of nitrogens with two attached hydrogens (primary N) is 1. The molecule has 2 N–H and O–H groups in total. The lowest BCUT2D eigenvalue weighted by atomic mass is 10.1. The molecule has 0 saturated heterocycles. The van der Waals surface area contributed by atoms with Gasteiger partial charge in [0.05, 0.1) is 12.8 Å². The molecule has 0 fully saturated rings. The quantitative estimate of drug-likeness (QED) is 0.881. The number of hydrogen-bond donors (Lipinski definition) is 1. The summed E-state index contributed by atoms with van der Waals surface area (Å²) in [6, 6.07) is 1.98. The molecule has 0 unspecified atom stereocenters. The molecule has 0 radical (unpaired) electrons. The van der Waals surface area contributed by atoms with Crippen LogP contribution in [0, 0.1) is 13.8 Å². The van der Waals surface area contributed by atoms with Crippen molar-refractivity contribution >= 4 is 17.3 Å². The van der Waals surface area contributed by atoms with Gasteiger partial charge in [-0.05, 0) is 44.0 Å². The largest absolute Gasteiger partial charge is 0.495 e. The number of nitrogens with zero attached hydrogens (tertiary/aromatic N) is 1. The first-order chi connectivity index (χ1) is 8.02. The van der Waals surface area contributed by atoms with E-state index in [1.165, 1.54) is 0 Å². The zero-order chi connectivity index (χ0) is 13.0. The standard InChI is InChI=1S/C13H21ClN2O/c1-9-8-11(17-4)13(10(2)12(9)14)16(3)7-5-6-15/h8H,5-7,15H2,1-4H3. The lowest BCUT2D eigenvalue weighted by Crippen LogP contribution is -2.22. The molecule has 4 heteroatoms. The van der Waals surface area contributed by atoms with E-state index in [4.69, 9.17) is 22.1 Å². The molecule has 0 bridgehead atoms. The van der Waals surface area contributed by atoms with Crippen LogP contribution in [0.2, 0.25) is 5.02 Å². The highest BCUT2D eigenvalue weighted by molar-refractivity contribution is 6.32. The molecule has 0 spiro atoms. The number of rotatable bonds is 5. The molecule has 0 heterocycles. The number of benzene rings is 1. The van der Waals surface area contributed by atoms with Crippen molar-refractivity contribution in [2.45, 2.75) is 20.3 Å². The Morgan fingerprint density at radius 3 is 2.59 bits per heavy atom. The zero-order valence-electron chi connectivity index (χ0n) is 11.0. The molecule has 0 aliphatic heterocycles. The minimum Gasteiger partial charge on any atom is -0.495 e. The average molecular weight is 257 g/mol. The molecule has 0 aromatic heterocycles. The summed E-state index contributed by atoms with van der Waals surface area (Å²) in [6.07, 6.45) is 0.949. The highest BCUT2D eigenvalue weighted by atomic mass is 35.5. The SMILES string of the molecule is COc1cc(C)c(Cl)c(C)c1N(C)CCCN. The Morgan fingerprint density at radius 1 is 1.41 bits per heavy atom. The number of ether oxygens (including phenoxy) is 1. The maximum atomic E-state index is 6.28. The van der Waals surface area contributed by atoms with Crippen molar-refractivity contribution in [3.05, 3.63) is 22.2 Å². The maximum absolute atomic E-state index is 6.28. The summed E-state index contributed by atoms with van der Waals surface area (Å²) in [6.45, 7) is 5.59. The van der Waals surface area contributed by atoms with Crippen molar-refractivity contribution in [1.82, 2.24) is 0 Å². The van der Waals surface area contributed by atoms with Gasteiger partial charge in [-0.25, -0.2) is 0 Å². The number of halogens is 1. The average Bonchev–Trinajstić information content (AvgIpc) is 2.32. The molecule has 0 atom stereocenters. The Labute approximate surface area is 109 Å². The van der Waals surface area contributed by atoms with Crippen LogP contribution < -0.4 is 15.4 Å². The zero-order valence-corrected chi connectivity index (χ0v) is 11.8. The maximum Gasteiger partial charge on any atom is 0.142 e. The molecule has 0 aliphatic rings. The topological polar surface area (TPSA) is 38.5 Å². The van der Waals surface area contributed by atoms with Gasteiger partial charge in [-0.3, -0.25) is 0 Å². The Balaban J connectivity index is 3.16. The lowest BCUT2D eigenvalue weighted by molar-refractivity contribution is 0.414. The second kappa shape index (κ2) is 6.12. The number of methoxy groups -OCH3 is 1. The summed E-state index contributed by atoms with van der Waals surface area (Å²) in [5.41, 5.74) is 8.68. The summed E-state index contributed by atoms with van der Waals surface area (Å²) < 4.78 is 5.43. The predicted octanol–water partition coefficient (Wildman–Crippen LogP) is 2.75. The highest BCUT2D eigenvalue weighted by Crippen LogP contribution is 2.37. The van der Waals surface area contributed by atoms with Crippen molar-refractivity contribution in [3.8, 4) is 5.75 Å². The third-order valence-electron chi connectivity index (χ3n) is 2.91. The summed E-state index contributed by atoms with van der Waals surface area (Å²) in [5, 5.41) is 0.806. The minimum absolute atomic E-state index is 0.686. The van der Waals surface area contributed by atoms with Gasteiger partial charge in [0.25, 0.3) is 0 Å². The van der Waals surface area contributed by atoms with Crippen LogP contribution in [0.15, 0.2) is 6.07 Å². The molecule has 0 amide bonds. The van der Waals surface area contributed by atoms with Gasteiger partial charge in [-0.2, -0.15) is 0 Å². The van der Waals surface area contributed by atoms with E-state index < -0.39 is 0 Å². The molecule has 0 saturated carbocycles. The molecule has 96 valence electrons. The first-order valence-electron chi connectivity index (χ1n) is 5.77. The lowest BCUT2D eigenvalue weighted by Gasteiger charge is -2.25. The van der Waals surface area contributed by atoms with Gasteiger partial charge in [0.15, 0.2) is 0 Å². The van der Waals surface area contributed by atoms with Crippen LogP contribution in [-0.4, -0.2) is 27.2 Å². The van der Waals surface area contributed by atoms with Crippen LogP contribution >= 0.6 is 11.6 Å². The Hall–Kier alpha value is -0.930. The van der Waals surface area contributed by atoms with Gasteiger partial charge < -0.3 is 15.4 Å². The van der Waals surface area contributed by atoms with E-state index in [1.807, 2.05) is 27.0 Å². The van der Waals surface area contributed by atoms with Gasteiger partial charge >= 0.3 is 0 Å². The molecule has 1 aromatic carbocycles. The van der Waals surface area contributed by atoms with E-state index in [-0.39, 0.29) is 0 Å². The molecule has 1 rings (SSSR count). The fourth-order valence-electron chi connectivity index (χ4n) is 1.98. The van der Waals surface area contributed by atoms with Gasteiger partial charge in [-0.15, -0.1) is 0 Å². The van der Waals surface area contributed by atoms with Crippen molar-refractivity contribution < 1.29 is 4.74 Å². The molecular weight excluding hydrogens is 236 g/mol. The Kier molecular flexibility index (Phi) is 5.09. The van der Waals surface area contributed by atoms with Gasteiger partial charge in [0.2, 0.25) is 0 Å². The van der Waals surface area contributed by atoms with E-state index >= 15 is 0 Å². The second-order valence-electron chi connectivity index (χ2n) is 4.25. The number of hydrogen-bond acceptors (Lipinski definition) is 3. The van der Waals surface area contributed by atoms with Crippen LogP contribution in [0.4, 0.5) is 5.69 Å². The van der Waals surface area contributed by atoms with Crippen LogP contribution in [0.3, 0.4) is 0 Å². The molecule has 3 nitrogen and oxygen atoms in total. The summed E-state index contributed by atoms with van der Waals surface area (Å²) in [5.74, 6) is 0.865. The minimum atomic E-state index is 0.686. The van der Waals surface area contributed by atoms with Gasteiger partial charge in [0.1, 0.15) is 5.75 Å². The molecule has 17 heavy (non-hydrogen) atoms. The van der Waals surface area contributed by atoms with E-state index in [0.29, 0.717) is 6.54 Å². The first kappa shape index (κ1) is 14.1. The molecule has 0 aliphatic carbocycles. The fraction of sp³-hybridized carbons (Fsp3) is 0.538. The smallest absolute Gasteiger partial charge is 0.142 e. The molecule has 1 aromatic rings. The summed E-state index contributed by atoms with van der Waals surface area (Å²) in [4.78, 5) is 2.15. The van der Waals surface area contributed by atoms with Crippen LogP contribution in [0.25, 0.3) is 0 Å². The fourth-order valence-corrected chi connectivity index (χ4v) is 2.13. The van der Waals surface area contributed by atoms with Crippen molar-refractivity contribution in [3.63, 3.8) is 0 Å². The van der Waals surface area contributed by atoms with Crippen molar-refractivity contribution in [2.75, 3.05) is 32.1 Å². The van der Waals surface area contributed by atoms with E-state index in [2.05, 4.69) is 4.90 Å².